The van der Waals surface area contributed by atoms with Crippen molar-refractivity contribution >= 4 is 48.9 Å². The van der Waals surface area contributed by atoms with Gasteiger partial charge < -0.3 is 4.40 Å². The fourth-order valence-electron chi connectivity index (χ4n) is 16.4. The second-order valence-electron chi connectivity index (χ2n) is 21.4. The summed E-state index contributed by atoms with van der Waals surface area (Å²) in [6.45, 7) is 7.32. The molecule has 9 aliphatic carbocycles. The second-order valence-corrected chi connectivity index (χ2v) is 21.4. The van der Waals surface area contributed by atoms with Crippen LogP contribution in [0.3, 0.4) is 0 Å². The van der Waals surface area contributed by atoms with Crippen LogP contribution >= 0.6 is 0 Å². The highest BCUT2D eigenvalue weighted by Gasteiger charge is 2.47. The molecule has 3 heteroatoms. The molecule has 5 aromatic carbocycles. The summed E-state index contributed by atoms with van der Waals surface area (Å²) in [5.74, 6) is 5.44. The number of pyridine rings is 1. The van der Waals surface area contributed by atoms with Gasteiger partial charge in [-0.05, 0) is 197 Å². The zero-order valence-corrected chi connectivity index (χ0v) is 34.5. The van der Waals surface area contributed by atoms with E-state index in [1.54, 1.807) is 11.1 Å². The van der Waals surface area contributed by atoms with E-state index < -0.39 is 0 Å². The molecule has 4 saturated carbocycles. The molecule has 4 fully saturated rings. The smallest absolute Gasteiger partial charge is 0.0995 e. The van der Waals surface area contributed by atoms with Gasteiger partial charge in [0.15, 0.2) is 0 Å². The third kappa shape index (κ3) is 3.86. The first-order chi connectivity index (χ1) is 28.8. The largest absolute Gasteiger partial charge is 0.306 e. The van der Waals surface area contributed by atoms with Gasteiger partial charge in [0.1, 0.15) is 0 Å². The van der Waals surface area contributed by atoms with Gasteiger partial charge in [0.2, 0.25) is 0 Å². The molecule has 17 rings (SSSR count). The first-order valence-corrected chi connectivity index (χ1v) is 23.1. The van der Waals surface area contributed by atoms with Crippen molar-refractivity contribution in [2.75, 3.05) is 0 Å². The van der Waals surface area contributed by atoms with E-state index in [2.05, 4.69) is 104 Å². The summed E-state index contributed by atoms with van der Waals surface area (Å²) in [6, 6.07) is 28.9. The van der Waals surface area contributed by atoms with E-state index in [-0.39, 0.29) is 5.41 Å². The van der Waals surface area contributed by atoms with Gasteiger partial charge >= 0.3 is 0 Å². The Bertz CT molecular complexity index is 3270. The van der Waals surface area contributed by atoms with Crippen LogP contribution in [0.2, 0.25) is 0 Å². The summed E-state index contributed by atoms with van der Waals surface area (Å²) < 4.78 is 2.63. The number of aromatic nitrogens is 2. The van der Waals surface area contributed by atoms with Gasteiger partial charge in [0.25, 0.3) is 0 Å². The van der Waals surface area contributed by atoms with Crippen LogP contribution in [0.5, 0.6) is 0 Å². The Kier molecular flexibility index (Phi) is 5.94. The molecule has 0 radical (unpaired) electrons. The fraction of sp³-hybridized carbons (Fsp3) is 0.393. The first kappa shape index (κ1) is 32.6. The Morgan fingerprint density at radius 1 is 0.593 bits per heavy atom. The topological polar surface area (TPSA) is 41.1 Å². The molecular weight excluding hydrogens is 715 g/mol. The van der Waals surface area contributed by atoms with Crippen LogP contribution in [0, 0.1) is 41.9 Å². The number of hydrogen-bond donors (Lipinski definition) is 0. The van der Waals surface area contributed by atoms with Crippen LogP contribution in [-0.2, 0) is 5.41 Å². The zero-order valence-electron chi connectivity index (χ0n) is 34.5. The van der Waals surface area contributed by atoms with Gasteiger partial charge in [-0.2, -0.15) is 5.26 Å². The van der Waals surface area contributed by atoms with Gasteiger partial charge in [-0.25, -0.2) is 0 Å². The molecule has 3 aromatic heterocycles. The molecule has 9 aliphatic rings. The fourth-order valence-corrected chi connectivity index (χ4v) is 16.4. The van der Waals surface area contributed by atoms with E-state index in [1.807, 2.05) is 0 Å². The van der Waals surface area contributed by atoms with E-state index in [0.29, 0.717) is 23.7 Å². The Labute approximate surface area is 345 Å². The van der Waals surface area contributed by atoms with Crippen molar-refractivity contribution in [1.29, 1.82) is 5.26 Å². The highest BCUT2D eigenvalue weighted by molar-refractivity contribution is 6.28. The van der Waals surface area contributed by atoms with Crippen LogP contribution in [0.15, 0.2) is 72.9 Å². The maximum absolute atomic E-state index is 11.1. The van der Waals surface area contributed by atoms with E-state index in [0.717, 1.165) is 29.2 Å². The molecule has 0 amide bonds. The summed E-state index contributed by atoms with van der Waals surface area (Å²) >= 11 is 0. The van der Waals surface area contributed by atoms with E-state index in [4.69, 9.17) is 4.98 Å². The number of hydrogen-bond acceptors (Lipinski definition) is 2. The third-order valence-corrected chi connectivity index (χ3v) is 18.2. The first-order valence-electron chi connectivity index (χ1n) is 23.1. The lowest BCUT2D eigenvalue weighted by molar-refractivity contribution is 0.165. The normalized spacial score (nSPS) is 29.1. The molecule has 0 N–H and O–H groups in total. The summed E-state index contributed by atoms with van der Waals surface area (Å²) in [5, 5.41) is 19.6. The number of benzene rings is 5. The average molecular weight is 764 g/mol. The quantitative estimate of drug-likeness (QED) is 0.167. The molecule has 0 spiro atoms. The standard InChI is InChI=1S/C56H49N3/c1-27-40(41-24-44-51(38-9-5-4-8-37(38)41)39-10-6-7-11-43(39)56(44,2)3)23-42-52-46(26-58-54-35-20-30-13-31(21-35)19-34(18-30)50(52)54)59-45-22-36(25-57)48-32-14-28-12-29(15-32)17-33(16-28)49(48)53(45)47(27)55(42)59/h4-11,22-24,26,28-35H,12-21H2,1-3H3. The third-order valence-electron chi connectivity index (χ3n) is 18.2. The Morgan fingerprint density at radius 3 is 1.97 bits per heavy atom. The van der Waals surface area contributed by atoms with Crippen LogP contribution in [0.1, 0.15) is 146 Å². The maximum Gasteiger partial charge on any atom is 0.0995 e. The minimum atomic E-state index is -0.104. The van der Waals surface area contributed by atoms with Gasteiger partial charge in [-0.15, -0.1) is 0 Å². The van der Waals surface area contributed by atoms with Gasteiger partial charge in [-0.1, -0.05) is 62.4 Å². The van der Waals surface area contributed by atoms with E-state index >= 15 is 0 Å². The molecular formula is C56H49N3. The van der Waals surface area contributed by atoms with Crippen molar-refractivity contribution in [3.63, 3.8) is 0 Å². The van der Waals surface area contributed by atoms with Gasteiger partial charge in [0.05, 0.1) is 34.4 Å². The number of rotatable bonds is 1. The molecule has 0 aliphatic heterocycles. The van der Waals surface area contributed by atoms with Crippen LogP contribution < -0.4 is 0 Å². The number of fused-ring (bicyclic) bond motifs is 11. The number of nitriles is 1. The van der Waals surface area contributed by atoms with Crippen molar-refractivity contribution in [2.24, 2.45) is 23.7 Å². The molecule has 8 bridgehead atoms. The van der Waals surface area contributed by atoms with Crippen molar-refractivity contribution < 1.29 is 0 Å². The SMILES string of the molecule is Cc1c(-c2cc3c(c4ccccc24)-c2ccccc2C3(C)C)cc2c3c4c(ncc3n3c5cc(C#N)c6c(c5c1c23)C1CC2CC(CC6C2)C1)C1CC2CC(C1)CC4C2. The number of aryl methyl sites for hydroxylation is 1. The van der Waals surface area contributed by atoms with Crippen LogP contribution in [0.4, 0.5) is 0 Å². The summed E-state index contributed by atoms with van der Waals surface area (Å²) in [4.78, 5) is 5.55. The second kappa shape index (κ2) is 10.8. The predicted molar refractivity (Wildman–Crippen MR) is 240 cm³/mol. The molecule has 0 saturated heterocycles. The lowest BCUT2D eigenvalue weighted by Gasteiger charge is -2.38. The lowest BCUT2D eigenvalue weighted by atomic mass is 9.67. The predicted octanol–water partition coefficient (Wildman–Crippen LogP) is 14.3. The maximum atomic E-state index is 11.1. The number of nitrogens with zero attached hydrogens (tertiary/aromatic N) is 3. The Morgan fingerprint density at radius 2 is 1.24 bits per heavy atom. The Balaban J connectivity index is 1.13. The van der Waals surface area contributed by atoms with E-state index in [1.165, 1.54) is 163 Å². The summed E-state index contributed by atoms with van der Waals surface area (Å²) in [7, 11) is 0. The molecule has 4 atom stereocenters. The van der Waals surface area contributed by atoms with Crippen molar-refractivity contribution in [3.8, 4) is 28.3 Å². The molecule has 4 unspecified atom stereocenters. The Hall–Kier alpha value is -5.20. The van der Waals surface area contributed by atoms with Crippen molar-refractivity contribution in [3.05, 3.63) is 118 Å². The molecule has 3 heterocycles. The summed E-state index contributed by atoms with van der Waals surface area (Å²) in [6.07, 6.45) is 15.4. The highest BCUT2D eigenvalue weighted by Crippen LogP contribution is 2.62. The monoisotopic (exact) mass is 763 g/mol. The van der Waals surface area contributed by atoms with E-state index in [9.17, 15) is 5.26 Å². The van der Waals surface area contributed by atoms with Gasteiger partial charge in [-0.3, -0.25) is 4.98 Å². The zero-order chi connectivity index (χ0) is 38.8. The van der Waals surface area contributed by atoms with Crippen molar-refractivity contribution in [2.45, 2.75) is 114 Å². The van der Waals surface area contributed by atoms with Crippen LogP contribution in [-0.4, -0.2) is 9.38 Å². The van der Waals surface area contributed by atoms with Crippen LogP contribution in [0.25, 0.3) is 71.1 Å². The minimum Gasteiger partial charge on any atom is -0.306 e. The lowest BCUT2D eigenvalue weighted by Crippen LogP contribution is -2.25. The minimum absolute atomic E-state index is 0.104. The molecule has 8 aromatic rings. The molecule has 3 nitrogen and oxygen atoms in total. The molecule has 288 valence electrons. The summed E-state index contributed by atoms with van der Waals surface area (Å²) in [5.41, 5.74) is 20.6. The highest BCUT2D eigenvalue weighted by atomic mass is 14.9. The van der Waals surface area contributed by atoms with Gasteiger partial charge in [0, 0.05) is 38.6 Å². The molecule has 59 heavy (non-hydrogen) atoms. The van der Waals surface area contributed by atoms with Crippen molar-refractivity contribution in [1.82, 2.24) is 9.38 Å². The average Bonchev–Trinajstić information content (AvgIpc) is 3.72.